The molecular weight excluding hydrogens is 353 g/mol. The van der Waals surface area contributed by atoms with Gasteiger partial charge in [-0.2, -0.15) is 0 Å². The number of alkyl carbamates (subject to hydrolysis) is 1. The van der Waals surface area contributed by atoms with Gasteiger partial charge >= 0.3 is 12.1 Å². The van der Waals surface area contributed by atoms with Crippen LogP contribution in [0.2, 0.25) is 0 Å². The van der Waals surface area contributed by atoms with Crippen molar-refractivity contribution in [3.05, 3.63) is 59.9 Å². The molecular formula is C20H22FNO5. The third-order valence-electron chi connectivity index (χ3n) is 3.43. The number of halogens is 1. The van der Waals surface area contributed by atoms with Crippen LogP contribution in [0, 0.1) is 5.82 Å². The molecule has 2 aromatic carbocycles. The highest BCUT2D eigenvalue weighted by atomic mass is 19.1. The minimum atomic E-state index is -1.20. The van der Waals surface area contributed by atoms with Crippen molar-refractivity contribution in [2.45, 2.75) is 38.8 Å². The maximum Gasteiger partial charge on any atom is 0.408 e. The highest BCUT2D eigenvalue weighted by Crippen LogP contribution is 2.26. The molecule has 2 N–H and O–H groups in total. The van der Waals surface area contributed by atoms with Gasteiger partial charge in [-0.1, -0.05) is 18.2 Å². The van der Waals surface area contributed by atoms with E-state index >= 15 is 0 Å². The van der Waals surface area contributed by atoms with E-state index in [9.17, 15) is 19.1 Å². The summed E-state index contributed by atoms with van der Waals surface area (Å²) < 4.78 is 23.9. The molecule has 0 heterocycles. The lowest BCUT2D eigenvalue weighted by Gasteiger charge is -2.22. The number of hydrogen-bond donors (Lipinski definition) is 2. The lowest BCUT2D eigenvalue weighted by atomic mass is 10.0. The van der Waals surface area contributed by atoms with E-state index in [1.54, 1.807) is 45.0 Å². The largest absolute Gasteiger partial charge is 0.480 e. The number of carbonyl (C=O) groups is 2. The number of benzene rings is 2. The SMILES string of the molecule is CC(C)(C)OC(=O)NC(Cc1ccccc1Oc1ccc(F)cc1)C(=O)O. The fourth-order valence-electron chi connectivity index (χ4n) is 2.27. The molecule has 0 fully saturated rings. The molecule has 2 rings (SSSR count). The van der Waals surface area contributed by atoms with Gasteiger partial charge < -0.3 is 19.9 Å². The molecule has 0 radical (unpaired) electrons. The molecule has 6 nitrogen and oxygen atoms in total. The summed E-state index contributed by atoms with van der Waals surface area (Å²) in [6.45, 7) is 5.07. The second kappa shape index (κ2) is 8.53. The molecule has 0 bridgehead atoms. The van der Waals surface area contributed by atoms with Crippen LogP contribution in [0.3, 0.4) is 0 Å². The zero-order chi connectivity index (χ0) is 20.0. The number of nitrogens with one attached hydrogen (secondary N) is 1. The Balaban J connectivity index is 2.15. The van der Waals surface area contributed by atoms with Gasteiger partial charge in [-0.3, -0.25) is 0 Å². The third kappa shape index (κ3) is 6.62. The summed E-state index contributed by atoms with van der Waals surface area (Å²) in [4.78, 5) is 23.5. The van der Waals surface area contributed by atoms with Crippen LogP contribution in [0.4, 0.5) is 9.18 Å². The molecule has 1 atom stereocenters. The summed E-state index contributed by atoms with van der Waals surface area (Å²) in [6.07, 6.45) is -0.821. The number of hydrogen-bond acceptors (Lipinski definition) is 4. The van der Waals surface area contributed by atoms with Gasteiger partial charge in [0.15, 0.2) is 0 Å². The summed E-state index contributed by atoms with van der Waals surface area (Å²) >= 11 is 0. The van der Waals surface area contributed by atoms with E-state index < -0.39 is 23.7 Å². The summed E-state index contributed by atoms with van der Waals surface area (Å²) in [7, 11) is 0. The maximum absolute atomic E-state index is 13.0. The summed E-state index contributed by atoms with van der Waals surface area (Å²) in [6, 6.07) is 11.1. The van der Waals surface area contributed by atoms with Crippen LogP contribution in [0.5, 0.6) is 11.5 Å². The van der Waals surface area contributed by atoms with Crippen molar-refractivity contribution in [1.82, 2.24) is 5.32 Å². The fourth-order valence-corrected chi connectivity index (χ4v) is 2.27. The molecule has 0 aromatic heterocycles. The van der Waals surface area contributed by atoms with Gasteiger partial charge in [-0.25, -0.2) is 14.0 Å². The molecule has 27 heavy (non-hydrogen) atoms. The highest BCUT2D eigenvalue weighted by Gasteiger charge is 2.25. The number of aliphatic carboxylic acids is 1. The van der Waals surface area contributed by atoms with Crippen LogP contribution in [0.25, 0.3) is 0 Å². The predicted octanol–water partition coefficient (Wildman–Crippen LogP) is 4.14. The van der Waals surface area contributed by atoms with E-state index in [1.165, 1.54) is 24.3 Å². The highest BCUT2D eigenvalue weighted by molar-refractivity contribution is 5.80. The molecule has 144 valence electrons. The Labute approximate surface area is 156 Å². The second-order valence-electron chi connectivity index (χ2n) is 6.90. The zero-order valence-electron chi connectivity index (χ0n) is 15.4. The van der Waals surface area contributed by atoms with Crippen LogP contribution in [-0.4, -0.2) is 28.8 Å². The first kappa shape index (κ1) is 20.2. The molecule has 2 aromatic rings. The van der Waals surface area contributed by atoms with Crippen molar-refractivity contribution < 1.29 is 28.6 Å². The number of para-hydroxylation sites is 1. The number of amides is 1. The van der Waals surface area contributed by atoms with Gasteiger partial charge in [0.2, 0.25) is 0 Å². The lowest BCUT2D eigenvalue weighted by Crippen LogP contribution is -2.44. The smallest absolute Gasteiger partial charge is 0.408 e. The number of ether oxygens (including phenoxy) is 2. The topological polar surface area (TPSA) is 84.9 Å². The zero-order valence-corrected chi connectivity index (χ0v) is 15.4. The molecule has 1 amide bonds. The first-order chi connectivity index (χ1) is 12.6. The quantitative estimate of drug-likeness (QED) is 0.793. The molecule has 0 aliphatic heterocycles. The Morgan fingerprint density at radius 2 is 1.74 bits per heavy atom. The standard InChI is InChI=1S/C20H22FNO5/c1-20(2,3)27-19(25)22-16(18(23)24)12-13-6-4-5-7-17(13)26-15-10-8-14(21)9-11-15/h4-11,16H,12H2,1-3H3,(H,22,25)(H,23,24). The second-order valence-corrected chi connectivity index (χ2v) is 6.90. The van der Waals surface area contributed by atoms with E-state index in [1.807, 2.05) is 0 Å². The van der Waals surface area contributed by atoms with E-state index in [2.05, 4.69) is 5.32 Å². The number of carboxylic acids is 1. The van der Waals surface area contributed by atoms with Crippen molar-refractivity contribution in [3.63, 3.8) is 0 Å². The minimum absolute atomic E-state index is 0.00799. The van der Waals surface area contributed by atoms with Gasteiger partial charge in [0.05, 0.1) is 0 Å². The van der Waals surface area contributed by atoms with Crippen molar-refractivity contribution >= 4 is 12.1 Å². The average molecular weight is 375 g/mol. The van der Waals surface area contributed by atoms with Crippen LogP contribution >= 0.6 is 0 Å². The normalized spacial score (nSPS) is 12.1. The Kier molecular flexibility index (Phi) is 6.39. The number of carbonyl (C=O) groups excluding carboxylic acids is 1. The van der Waals surface area contributed by atoms with Crippen LogP contribution in [0.1, 0.15) is 26.3 Å². The molecule has 0 spiro atoms. The molecule has 1 unspecified atom stereocenters. The molecule has 0 saturated carbocycles. The monoisotopic (exact) mass is 375 g/mol. The lowest BCUT2D eigenvalue weighted by molar-refractivity contribution is -0.139. The van der Waals surface area contributed by atoms with Gasteiger partial charge in [0.1, 0.15) is 29.0 Å². The van der Waals surface area contributed by atoms with Crippen molar-refractivity contribution in [2.75, 3.05) is 0 Å². The van der Waals surface area contributed by atoms with E-state index in [4.69, 9.17) is 9.47 Å². The van der Waals surface area contributed by atoms with Crippen molar-refractivity contribution in [1.29, 1.82) is 0 Å². The first-order valence-corrected chi connectivity index (χ1v) is 8.38. The number of carboxylic acid groups (broad SMARTS) is 1. The summed E-state index contributed by atoms with van der Waals surface area (Å²) in [5.41, 5.74) is -0.165. The van der Waals surface area contributed by atoms with Crippen LogP contribution < -0.4 is 10.1 Å². The summed E-state index contributed by atoms with van der Waals surface area (Å²) in [5, 5.41) is 11.8. The van der Waals surface area contributed by atoms with Crippen LogP contribution in [-0.2, 0) is 16.0 Å². The molecule has 0 aliphatic carbocycles. The average Bonchev–Trinajstić information content (AvgIpc) is 2.56. The van der Waals surface area contributed by atoms with Gasteiger partial charge in [-0.05, 0) is 56.7 Å². The summed E-state index contributed by atoms with van der Waals surface area (Å²) in [5.74, 6) is -0.752. The Morgan fingerprint density at radius 1 is 1.11 bits per heavy atom. The Hall–Kier alpha value is -3.09. The van der Waals surface area contributed by atoms with Crippen molar-refractivity contribution in [2.24, 2.45) is 0 Å². The Bertz CT molecular complexity index is 799. The van der Waals surface area contributed by atoms with E-state index in [-0.39, 0.29) is 12.2 Å². The van der Waals surface area contributed by atoms with Gasteiger partial charge in [0.25, 0.3) is 0 Å². The maximum atomic E-state index is 13.0. The first-order valence-electron chi connectivity index (χ1n) is 8.38. The van der Waals surface area contributed by atoms with E-state index in [0.29, 0.717) is 17.1 Å². The van der Waals surface area contributed by atoms with Gasteiger partial charge in [-0.15, -0.1) is 0 Å². The Morgan fingerprint density at radius 3 is 2.33 bits per heavy atom. The fraction of sp³-hybridized carbons (Fsp3) is 0.300. The van der Waals surface area contributed by atoms with E-state index in [0.717, 1.165) is 0 Å². The molecule has 0 saturated heterocycles. The number of rotatable bonds is 6. The van der Waals surface area contributed by atoms with Crippen LogP contribution in [0.15, 0.2) is 48.5 Å². The molecule has 7 heteroatoms. The molecule has 0 aliphatic rings. The van der Waals surface area contributed by atoms with Gasteiger partial charge in [0, 0.05) is 6.42 Å². The predicted molar refractivity (Wildman–Crippen MR) is 97.4 cm³/mol. The minimum Gasteiger partial charge on any atom is -0.480 e. The van der Waals surface area contributed by atoms with Crippen molar-refractivity contribution in [3.8, 4) is 11.5 Å². The third-order valence-corrected chi connectivity index (χ3v) is 3.43.